The van der Waals surface area contributed by atoms with Gasteiger partial charge in [-0.3, -0.25) is 9.78 Å². The van der Waals surface area contributed by atoms with E-state index in [1.54, 1.807) is 25.6 Å². The number of carbonyl (C=O) groups excluding carboxylic acids is 1. The van der Waals surface area contributed by atoms with Crippen LogP contribution in [0.25, 0.3) is 0 Å². The molecule has 1 aliphatic rings. The molecule has 0 N–H and O–H groups in total. The summed E-state index contributed by atoms with van der Waals surface area (Å²) in [5.41, 5.74) is 2.71. The van der Waals surface area contributed by atoms with Gasteiger partial charge in [-0.05, 0) is 31.9 Å². The van der Waals surface area contributed by atoms with E-state index in [1.807, 2.05) is 24.1 Å². The van der Waals surface area contributed by atoms with E-state index >= 15 is 0 Å². The molecule has 1 fully saturated rings. The van der Waals surface area contributed by atoms with Crippen LogP contribution in [0.3, 0.4) is 0 Å². The van der Waals surface area contributed by atoms with Crippen molar-refractivity contribution in [2.24, 2.45) is 0 Å². The molecule has 1 saturated heterocycles. The van der Waals surface area contributed by atoms with Crippen LogP contribution in [0.5, 0.6) is 0 Å². The Morgan fingerprint density at radius 3 is 2.78 bits per heavy atom. The molecule has 0 unspecified atom stereocenters. The molecule has 1 aliphatic heterocycles. The SMILES string of the molecule is COCCOCc1cnc(C)nc1C1CCN(C(=O)c2cccnc2)CC1. The third-order valence-electron chi connectivity index (χ3n) is 4.79. The van der Waals surface area contributed by atoms with Crippen molar-refractivity contribution < 1.29 is 14.3 Å². The zero-order chi connectivity index (χ0) is 19.1. The zero-order valence-corrected chi connectivity index (χ0v) is 15.9. The summed E-state index contributed by atoms with van der Waals surface area (Å²) in [7, 11) is 1.66. The number of hydrogen-bond donors (Lipinski definition) is 0. The standard InChI is InChI=1S/C20H26N4O3/c1-15-22-13-18(14-27-11-10-26-2)19(23-15)16-5-8-24(9-6-16)20(25)17-4-3-7-21-12-17/h3-4,7,12-13,16H,5-6,8-11,14H2,1-2H3. The highest BCUT2D eigenvalue weighted by atomic mass is 16.5. The van der Waals surface area contributed by atoms with E-state index in [9.17, 15) is 4.79 Å². The minimum atomic E-state index is 0.0449. The first-order valence-corrected chi connectivity index (χ1v) is 9.27. The Morgan fingerprint density at radius 2 is 2.07 bits per heavy atom. The minimum Gasteiger partial charge on any atom is -0.382 e. The molecule has 0 bridgehead atoms. The van der Waals surface area contributed by atoms with E-state index < -0.39 is 0 Å². The molecule has 0 spiro atoms. The Bertz CT molecular complexity index is 746. The number of likely N-dealkylation sites (tertiary alicyclic amines) is 1. The van der Waals surface area contributed by atoms with Crippen molar-refractivity contribution in [2.45, 2.75) is 32.3 Å². The second kappa shape index (κ2) is 9.53. The number of amides is 1. The van der Waals surface area contributed by atoms with Crippen LogP contribution in [0.2, 0.25) is 0 Å². The number of methoxy groups -OCH3 is 1. The first-order valence-electron chi connectivity index (χ1n) is 9.27. The molecule has 144 valence electrons. The van der Waals surface area contributed by atoms with Crippen LogP contribution in [0.4, 0.5) is 0 Å². The Morgan fingerprint density at radius 1 is 1.26 bits per heavy atom. The van der Waals surface area contributed by atoms with Gasteiger partial charge >= 0.3 is 0 Å². The molecule has 0 radical (unpaired) electrons. The molecule has 3 rings (SSSR count). The number of aromatic nitrogens is 3. The average Bonchev–Trinajstić information content (AvgIpc) is 2.72. The zero-order valence-electron chi connectivity index (χ0n) is 15.9. The van der Waals surface area contributed by atoms with E-state index in [2.05, 4.69) is 15.0 Å². The number of nitrogens with zero attached hydrogens (tertiary/aromatic N) is 4. The first-order chi connectivity index (χ1) is 13.2. The lowest BCUT2D eigenvalue weighted by atomic mass is 9.90. The predicted octanol–water partition coefficient (Wildman–Crippen LogP) is 2.36. The number of hydrogen-bond acceptors (Lipinski definition) is 6. The Balaban J connectivity index is 1.63. The molecule has 7 heteroatoms. The molecular formula is C20H26N4O3. The normalized spacial score (nSPS) is 15.1. The summed E-state index contributed by atoms with van der Waals surface area (Å²) >= 11 is 0. The first kappa shape index (κ1) is 19.4. The summed E-state index contributed by atoms with van der Waals surface area (Å²) in [4.78, 5) is 27.5. The lowest BCUT2D eigenvalue weighted by Gasteiger charge is -2.32. The monoisotopic (exact) mass is 370 g/mol. The van der Waals surface area contributed by atoms with Crippen LogP contribution in [-0.2, 0) is 16.1 Å². The van der Waals surface area contributed by atoms with Crippen molar-refractivity contribution >= 4 is 5.91 Å². The molecular weight excluding hydrogens is 344 g/mol. The highest BCUT2D eigenvalue weighted by Crippen LogP contribution is 2.30. The van der Waals surface area contributed by atoms with Gasteiger partial charge in [0.15, 0.2) is 0 Å². The lowest BCUT2D eigenvalue weighted by Crippen LogP contribution is -2.38. The van der Waals surface area contributed by atoms with Gasteiger partial charge in [0.2, 0.25) is 0 Å². The smallest absolute Gasteiger partial charge is 0.255 e. The van der Waals surface area contributed by atoms with Gasteiger partial charge in [0, 0.05) is 50.3 Å². The van der Waals surface area contributed by atoms with Crippen LogP contribution < -0.4 is 0 Å². The molecule has 0 aliphatic carbocycles. The molecule has 1 amide bonds. The molecule has 0 aromatic carbocycles. The molecule has 0 atom stereocenters. The van der Waals surface area contributed by atoms with E-state index in [0.29, 0.717) is 44.4 Å². The summed E-state index contributed by atoms with van der Waals surface area (Å²) < 4.78 is 10.7. The molecule has 3 heterocycles. The molecule has 7 nitrogen and oxygen atoms in total. The predicted molar refractivity (Wildman–Crippen MR) is 100 cm³/mol. The van der Waals surface area contributed by atoms with Crippen LogP contribution in [0.15, 0.2) is 30.7 Å². The molecule has 0 saturated carbocycles. The maximum atomic E-state index is 12.6. The number of piperidine rings is 1. The van der Waals surface area contributed by atoms with Gasteiger partial charge < -0.3 is 14.4 Å². The highest BCUT2D eigenvalue weighted by Gasteiger charge is 2.27. The van der Waals surface area contributed by atoms with Gasteiger partial charge in [-0.1, -0.05) is 0 Å². The summed E-state index contributed by atoms with van der Waals surface area (Å²) in [5.74, 6) is 1.12. The van der Waals surface area contributed by atoms with Crippen LogP contribution >= 0.6 is 0 Å². The average molecular weight is 370 g/mol. The summed E-state index contributed by atoms with van der Waals surface area (Å²) in [6.07, 6.45) is 6.92. The van der Waals surface area contributed by atoms with E-state index in [1.165, 1.54) is 0 Å². The topological polar surface area (TPSA) is 77.4 Å². The maximum Gasteiger partial charge on any atom is 0.255 e. The molecule has 2 aromatic rings. The Labute approximate surface area is 159 Å². The maximum absolute atomic E-state index is 12.6. The molecule has 2 aromatic heterocycles. The number of aryl methyl sites for hydroxylation is 1. The van der Waals surface area contributed by atoms with Gasteiger partial charge in [0.1, 0.15) is 5.82 Å². The molecule has 27 heavy (non-hydrogen) atoms. The van der Waals surface area contributed by atoms with Gasteiger partial charge in [0.05, 0.1) is 31.1 Å². The van der Waals surface area contributed by atoms with Crippen molar-refractivity contribution in [3.8, 4) is 0 Å². The second-order valence-electron chi connectivity index (χ2n) is 6.68. The summed E-state index contributed by atoms with van der Waals surface area (Å²) in [6.45, 7) is 4.92. The van der Waals surface area contributed by atoms with Gasteiger partial charge in [0.25, 0.3) is 5.91 Å². The summed E-state index contributed by atoms with van der Waals surface area (Å²) in [5, 5.41) is 0. The third-order valence-corrected chi connectivity index (χ3v) is 4.79. The van der Waals surface area contributed by atoms with E-state index in [0.717, 1.165) is 29.9 Å². The second-order valence-corrected chi connectivity index (χ2v) is 6.68. The Kier molecular flexibility index (Phi) is 6.84. The summed E-state index contributed by atoms with van der Waals surface area (Å²) in [6, 6.07) is 3.60. The van der Waals surface area contributed by atoms with Gasteiger partial charge in [-0.15, -0.1) is 0 Å². The quantitative estimate of drug-likeness (QED) is 0.697. The van der Waals surface area contributed by atoms with Crippen molar-refractivity contribution in [3.63, 3.8) is 0 Å². The van der Waals surface area contributed by atoms with Crippen molar-refractivity contribution in [1.29, 1.82) is 0 Å². The van der Waals surface area contributed by atoms with Crippen molar-refractivity contribution in [1.82, 2.24) is 19.9 Å². The fraction of sp³-hybridized carbons (Fsp3) is 0.500. The lowest BCUT2D eigenvalue weighted by molar-refractivity contribution is 0.0604. The van der Waals surface area contributed by atoms with Crippen LogP contribution in [0, 0.1) is 6.92 Å². The van der Waals surface area contributed by atoms with Crippen LogP contribution in [0.1, 0.15) is 46.2 Å². The third kappa shape index (κ3) is 5.08. The minimum absolute atomic E-state index is 0.0449. The van der Waals surface area contributed by atoms with Gasteiger partial charge in [-0.25, -0.2) is 9.97 Å². The number of rotatable bonds is 7. The fourth-order valence-electron chi connectivity index (χ4n) is 3.33. The van der Waals surface area contributed by atoms with Crippen LogP contribution in [-0.4, -0.2) is 59.2 Å². The van der Waals surface area contributed by atoms with E-state index in [-0.39, 0.29) is 5.91 Å². The fourth-order valence-corrected chi connectivity index (χ4v) is 3.33. The number of carbonyl (C=O) groups is 1. The van der Waals surface area contributed by atoms with Crippen molar-refractivity contribution in [2.75, 3.05) is 33.4 Å². The number of ether oxygens (including phenoxy) is 2. The van der Waals surface area contributed by atoms with Gasteiger partial charge in [-0.2, -0.15) is 0 Å². The van der Waals surface area contributed by atoms with Crippen molar-refractivity contribution in [3.05, 3.63) is 53.4 Å². The largest absolute Gasteiger partial charge is 0.382 e. The van der Waals surface area contributed by atoms with E-state index in [4.69, 9.17) is 9.47 Å². The number of pyridine rings is 1. The highest BCUT2D eigenvalue weighted by molar-refractivity contribution is 5.93. The Hall–Kier alpha value is -2.38.